The molecule has 7 heteroatoms. The van der Waals surface area contributed by atoms with Gasteiger partial charge in [-0.3, -0.25) is 14.5 Å². The van der Waals surface area contributed by atoms with Crippen molar-refractivity contribution in [3.63, 3.8) is 0 Å². The summed E-state index contributed by atoms with van der Waals surface area (Å²) in [6.07, 6.45) is 5.14. The summed E-state index contributed by atoms with van der Waals surface area (Å²) < 4.78 is 24.7. The third kappa shape index (κ3) is 1.91. The number of fused-ring (bicyclic) bond motifs is 1. The van der Waals surface area contributed by atoms with E-state index in [4.69, 9.17) is 0 Å². The van der Waals surface area contributed by atoms with Gasteiger partial charge in [-0.2, -0.15) is 4.31 Å². The smallest absolute Gasteiger partial charge is 0.233 e. The fourth-order valence-electron chi connectivity index (χ4n) is 3.18. The first-order chi connectivity index (χ1) is 9.45. The maximum atomic E-state index is 12.3. The van der Waals surface area contributed by atoms with Gasteiger partial charge in [-0.25, -0.2) is 8.42 Å². The van der Waals surface area contributed by atoms with Crippen molar-refractivity contribution < 1.29 is 18.0 Å². The van der Waals surface area contributed by atoms with Crippen molar-refractivity contribution in [2.75, 3.05) is 18.8 Å². The molecule has 0 N–H and O–H groups in total. The third-order valence-corrected chi connectivity index (χ3v) is 6.31. The van der Waals surface area contributed by atoms with Gasteiger partial charge in [0.25, 0.3) is 0 Å². The lowest BCUT2D eigenvalue weighted by Gasteiger charge is -2.41. The van der Waals surface area contributed by atoms with Gasteiger partial charge in [0.2, 0.25) is 21.8 Å². The quantitative estimate of drug-likeness (QED) is 0.542. The molecule has 2 atom stereocenters. The first kappa shape index (κ1) is 13.8. The molecule has 2 heterocycles. The number of rotatable bonds is 3. The second kappa shape index (κ2) is 4.66. The summed E-state index contributed by atoms with van der Waals surface area (Å²) in [7, 11) is -3.21. The Morgan fingerprint density at radius 2 is 1.60 bits per heavy atom. The molecule has 3 rings (SSSR count). The number of nitrogens with zero attached hydrogens (tertiary/aromatic N) is 2. The monoisotopic (exact) mass is 298 g/mol. The van der Waals surface area contributed by atoms with E-state index in [0.29, 0.717) is 12.8 Å². The molecule has 2 unspecified atom stereocenters. The zero-order valence-electron chi connectivity index (χ0n) is 11.4. The van der Waals surface area contributed by atoms with Crippen LogP contribution in [0.2, 0.25) is 0 Å². The van der Waals surface area contributed by atoms with E-state index in [9.17, 15) is 18.0 Å². The van der Waals surface area contributed by atoms with Gasteiger partial charge in [0.15, 0.2) is 0 Å². The number of hydrogen-bond acceptors (Lipinski definition) is 4. The number of sulfonamides is 1. The van der Waals surface area contributed by atoms with Gasteiger partial charge in [0.1, 0.15) is 0 Å². The molecule has 1 aliphatic carbocycles. The number of likely N-dealkylation sites (tertiary alicyclic amines) is 1. The molecular formula is C13H18N2O4S. The average molecular weight is 298 g/mol. The normalized spacial score (nSPS) is 31.6. The van der Waals surface area contributed by atoms with Crippen LogP contribution >= 0.6 is 0 Å². The summed E-state index contributed by atoms with van der Waals surface area (Å²) in [5.41, 5.74) is 0. The fraction of sp³-hybridized carbons (Fsp3) is 0.692. The predicted octanol–water partition coefficient (Wildman–Crippen LogP) is -0.0285. The highest BCUT2D eigenvalue weighted by molar-refractivity contribution is 7.89. The highest BCUT2D eigenvalue weighted by Gasteiger charge is 2.52. The van der Waals surface area contributed by atoms with Gasteiger partial charge in [-0.05, 0) is 19.8 Å². The molecular weight excluding hydrogens is 280 g/mol. The van der Waals surface area contributed by atoms with Crippen LogP contribution in [0.4, 0.5) is 0 Å². The molecule has 0 saturated carbocycles. The molecule has 2 aliphatic heterocycles. The van der Waals surface area contributed by atoms with E-state index >= 15 is 0 Å². The first-order valence-corrected chi connectivity index (χ1v) is 8.56. The summed E-state index contributed by atoms with van der Waals surface area (Å²) in [6, 6.07) is -0.276. The molecule has 2 saturated heterocycles. The van der Waals surface area contributed by atoms with E-state index in [2.05, 4.69) is 0 Å². The topological polar surface area (TPSA) is 74.8 Å². The highest BCUT2D eigenvalue weighted by Crippen LogP contribution is 2.37. The van der Waals surface area contributed by atoms with E-state index in [-0.39, 0.29) is 48.5 Å². The Hall–Kier alpha value is -1.21. The van der Waals surface area contributed by atoms with E-state index in [1.165, 1.54) is 9.21 Å². The molecule has 0 aromatic carbocycles. The predicted molar refractivity (Wildman–Crippen MR) is 72.0 cm³/mol. The van der Waals surface area contributed by atoms with Crippen LogP contribution in [0.25, 0.3) is 0 Å². The van der Waals surface area contributed by atoms with Gasteiger partial charge in [-0.15, -0.1) is 0 Å². The van der Waals surface area contributed by atoms with Crippen LogP contribution in [0.15, 0.2) is 12.2 Å². The van der Waals surface area contributed by atoms with E-state index in [1.807, 2.05) is 12.2 Å². The number of hydrogen-bond donors (Lipinski definition) is 0. The van der Waals surface area contributed by atoms with Crippen molar-refractivity contribution in [2.45, 2.75) is 25.8 Å². The molecule has 2 fully saturated rings. The van der Waals surface area contributed by atoms with Crippen molar-refractivity contribution in [3.8, 4) is 0 Å². The van der Waals surface area contributed by atoms with E-state index in [1.54, 1.807) is 6.92 Å². The Morgan fingerprint density at radius 3 is 2.05 bits per heavy atom. The number of amides is 2. The Kier molecular flexibility index (Phi) is 3.21. The van der Waals surface area contributed by atoms with Gasteiger partial charge in [-0.1, -0.05) is 12.2 Å². The van der Waals surface area contributed by atoms with Crippen molar-refractivity contribution in [1.82, 2.24) is 9.21 Å². The number of carbonyl (C=O) groups excluding carboxylic acids is 2. The van der Waals surface area contributed by atoms with Crippen LogP contribution in [0.5, 0.6) is 0 Å². The maximum absolute atomic E-state index is 12.3. The molecule has 6 nitrogen and oxygen atoms in total. The van der Waals surface area contributed by atoms with Crippen LogP contribution in [0.3, 0.4) is 0 Å². The Morgan fingerprint density at radius 1 is 1.10 bits per heavy atom. The van der Waals surface area contributed by atoms with E-state index < -0.39 is 10.0 Å². The zero-order valence-corrected chi connectivity index (χ0v) is 12.2. The van der Waals surface area contributed by atoms with Crippen LogP contribution in [-0.4, -0.2) is 54.3 Å². The van der Waals surface area contributed by atoms with Gasteiger partial charge < -0.3 is 0 Å². The molecule has 0 aromatic rings. The number of carbonyl (C=O) groups is 2. The Bertz CT molecular complexity index is 551. The van der Waals surface area contributed by atoms with Crippen LogP contribution < -0.4 is 0 Å². The zero-order chi connectivity index (χ0) is 14.5. The standard InChI is InChI=1S/C13H18N2O4S/c1-2-20(18,19)14-7-9(8-14)15-12(16)10-5-3-4-6-11(10)13(15)17/h3-4,9-11H,2,5-8H2,1H3. The number of allylic oxidation sites excluding steroid dienone is 2. The lowest BCUT2D eigenvalue weighted by Crippen LogP contribution is -2.62. The first-order valence-electron chi connectivity index (χ1n) is 6.95. The van der Waals surface area contributed by atoms with Crippen molar-refractivity contribution >= 4 is 21.8 Å². The lowest BCUT2D eigenvalue weighted by atomic mass is 9.85. The van der Waals surface area contributed by atoms with Gasteiger partial charge >= 0.3 is 0 Å². The summed E-state index contributed by atoms with van der Waals surface area (Å²) in [5, 5.41) is 0. The maximum Gasteiger partial charge on any atom is 0.233 e. The van der Waals surface area contributed by atoms with Crippen LogP contribution in [0.1, 0.15) is 19.8 Å². The van der Waals surface area contributed by atoms with Crippen molar-refractivity contribution in [2.24, 2.45) is 11.8 Å². The van der Waals surface area contributed by atoms with Crippen molar-refractivity contribution in [1.29, 1.82) is 0 Å². The minimum atomic E-state index is -3.21. The summed E-state index contributed by atoms with van der Waals surface area (Å²) >= 11 is 0. The SMILES string of the molecule is CCS(=O)(=O)N1CC(N2C(=O)C3CC=CCC3C2=O)C1. The summed E-state index contributed by atoms with van der Waals surface area (Å²) in [6.45, 7) is 2.09. The summed E-state index contributed by atoms with van der Waals surface area (Å²) in [4.78, 5) is 26.0. The molecule has 0 radical (unpaired) electrons. The van der Waals surface area contributed by atoms with Crippen molar-refractivity contribution in [3.05, 3.63) is 12.2 Å². The molecule has 0 spiro atoms. The molecule has 2 amide bonds. The highest BCUT2D eigenvalue weighted by atomic mass is 32.2. The largest absolute Gasteiger partial charge is 0.276 e. The van der Waals surface area contributed by atoms with Crippen LogP contribution in [0, 0.1) is 11.8 Å². The lowest BCUT2D eigenvalue weighted by molar-refractivity contribution is -0.145. The summed E-state index contributed by atoms with van der Waals surface area (Å²) in [5.74, 6) is -0.656. The molecule has 110 valence electrons. The Labute approximate surface area is 118 Å². The van der Waals surface area contributed by atoms with Crippen LogP contribution in [-0.2, 0) is 19.6 Å². The molecule has 0 aromatic heterocycles. The Balaban J connectivity index is 1.71. The van der Waals surface area contributed by atoms with Gasteiger partial charge in [0.05, 0.1) is 23.6 Å². The second-order valence-electron chi connectivity index (χ2n) is 5.57. The molecule has 3 aliphatic rings. The number of imide groups is 1. The molecule has 20 heavy (non-hydrogen) atoms. The third-order valence-electron chi connectivity index (χ3n) is 4.49. The van der Waals surface area contributed by atoms with Gasteiger partial charge in [0, 0.05) is 13.1 Å². The fourth-order valence-corrected chi connectivity index (χ4v) is 4.34. The minimum absolute atomic E-state index is 0.0524. The average Bonchev–Trinajstić information content (AvgIpc) is 2.63. The van der Waals surface area contributed by atoms with E-state index in [0.717, 1.165) is 0 Å². The molecule has 0 bridgehead atoms. The second-order valence-corrected chi connectivity index (χ2v) is 7.83. The minimum Gasteiger partial charge on any atom is -0.276 e.